The van der Waals surface area contributed by atoms with Gasteiger partial charge in [-0.05, 0) is 66.2 Å². The summed E-state index contributed by atoms with van der Waals surface area (Å²) in [5.74, 6) is -0.289. The number of hydrogen-bond donors (Lipinski definition) is 0. The summed E-state index contributed by atoms with van der Waals surface area (Å²) in [5, 5.41) is 0.451. The average Bonchev–Trinajstić information content (AvgIpc) is 2.84. The average molecular weight is 439 g/mol. The highest BCUT2D eigenvalue weighted by atomic mass is 19.1. The van der Waals surface area contributed by atoms with Gasteiger partial charge in [-0.15, -0.1) is 0 Å². The molecule has 5 aromatic rings. The number of pyridine rings is 1. The lowest BCUT2D eigenvalue weighted by atomic mass is 9.92. The number of ether oxygens (including phenoxy) is 1. The van der Waals surface area contributed by atoms with Crippen molar-refractivity contribution in [1.82, 2.24) is 4.98 Å². The van der Waals surface area contributed by atoms with Crippen LogP contribution in [0, 0.1) is 11.6 Å². The van der Waals surface area contributed by atoms with Gasteiger partial charge in [-0.2, -0.15) is 0 Å². The van der Waals surface area contributed by atoms with E-state index in [1.54, 1.807) is 48.5 Å². The zero-order valence-electron chi connectivity index (χ0n) is 17.1. The number of para-hydroxylation sites is 1. The molecule has 0 radical (unpaired) electrons. The van der Waals surface area contributed by atoms with Gasteiger partial charge < -0.3 is 9.15 Å². The van der Waals surface area contributed by atoms with E-state index in [-0.39, 0.29) is 17.9 Å². The quantitative estimate of drug-likeness (QED) is 0.321. The first-order valence-electron chi connectivity index (χ1n) is 10.3. The smallest absolute Gasteiger partial charge is 0.200 e. The maximum absolute atomic E-state index is 14.1. The number of hydrogen-bond acceptors (Lipinski definition) is 4. The molecular weight excluding hydrogens is 424 g/mol. The molecule has 1 aliphatic rings. The van der Waals surface area contributed by atoms with Crippen LogP contribution in [0.4, 0.5) is 8.78 Å². The molecule has 0 saturated heterocycles. The minimum absolute atomic E-state index is 0.159. The van der Waals surface area contributed by atoms with Gasteiger partial charge in [0, 0.05) is 16.7 Å². The molecule has 0 unspecified atom stereocenters. The minimum Gasteiger partial charge on any atom is -0.488 e. The van der Waals surface area contributed by atoms with Crippen LogP contribution in [0.15, 0.2) is 88.3 Å². The zero-order valence-corrected chi connectivity index (χ0v) is 17.1. The van der Waals surface area contributed by atoms with Gasteiger partial charge >= 0.3 is 0 Å². The van der Waals surface area contributed by atoms with Crippen molar-refractivity contribution in [2.75, 3.05) is 0 Å². The highest BCUT2D eigenvalue weighted by Gasteiger charge is 2.25. The van der Waals surface area contributed by atoms with Crippen molar-refractivity contribution in [2.24, 2.45) is 0 Å². The molecule has 4 nitrogen and oxygen atoms in total. The highest BCUT2D eigenvalue weighted by Crippen LogP contribution is 2.42. The van der Waals surface area contributed by atoms with Gasteiger partial charge in [0.2, 0.25) is 5.43 Å². The summed E-state index contributed by atoms with van der Waals surface area (Å²) in [6.07, 6.45) is 1.43. The molecular formula is C27H15F2NO3. The fourth-order valence-corrected chi connectivity index (χ4v) is 4.18. The molecule has 0 spiro atoms. The Kier molecular flexibility index (Phi) is 4.33. The molecule has 160 valence electrons. The van der Waals surface area contributed by atoms with Crippen LogP contribution in [0.3, 0.4) is 0 Å². The fourth-order valence-electron chi connectivity index (χ4n) is 4.18. The number of aromatic nitrogens is 1. The molecule has 0 saturated carbocycles. The third kappa shape index (κ3) is 3.19. The van der Waals surface area contributed by atoms with E-state index in [4.69, 9.17) is 14.1 Å². The van der Waals surface area contributed by atoms with Crippen molar-refractivity contribution in [2.45, 2.75) is 6.61 Å². The van der Waals surface area contributed by atoms with E-state index < -0.39 is 5.82 Å². The molecule has 0 aliphatic carbocycles. The second-order valence-corrected chi connectivity index (χ2v) is 7.79. The molecule has 0 amide bonds. The second-order valence-electron chi connectivity index (χ2n) is 7.79. The Labute approximate surface area is 186 Å². The van der Waals surface area contributed by atoms with Gasteiger partial charge in [-0.25, -0.2) is 13.8 Å². The van der Waals surface area contributed by atoms with Crippen LogP contribution in [0.2, 0.25) is 0 Å². The van der Waals surface area contributed by atoms with Gasteiger partial charge in [-0.3, -0.25) is 4.79 Å². The Hall–Kier alpha value is -4.32. The lowest BCUT2D eigenvalue weighted by molar-refractivity contribution is 0.301. The second kappa shape index (κ2) is 7.38. The predicted octanol–water partition coefficient (Wildman–Crippen LogP) is 6.36. The van der Waals surface area contributed by atoms with Crippen LogP contribution in [-0.4, -0.2) is 4.98 Å². The van der Waals surface area contributed by atoms with Gasteiger partial charge in [0.25, 0.3) is 0 Å². The molecule has 6 heteroatoms. The molecule has 1 aliphatic heterocycles. The summed E-state index contributed by atoms with van der Waals surface area (Å²) < 4.78 is 39.3. The topological polar surface area (TPSA) is 52.3 Å². The summed E-state index contributed by atoms with van der Waals surface area (Å²) in [7, 11) is 0. The number of halogens is 2. The molecule has 6 rings (SSSR count). The molecule has 3 heterocycles. The normalized spacial score (nSPS) is 12.2. The van der Waals surface area contributed by atoms with Crippen LogP contribution in [0.1, 0.15) is 5.56 Å². The third-order valence-corrected chi connectivity index (χ3v) is 5.80. The number of fused-ring (bicyclic) bond motifs is 4. The van der Waals surface area contributed by atoms with Gasteiger partial charge in [-0.1, -0.05) is 12.1 Å². The maximum atomic E-state index is 14.1. The van der Waals surface area contributed by atoms with Crippen LogP contribution < -0.4 is 10.2 Å². The van der Waals surface area contributed by atoms with E-state index >= 15 is 0 Å². The molecule has 0 bridgehead atoms. The first kappa shape index (κ1) is 19.4. The predicted molar refractivity (Wildman–Crippen MR) is 121 cm³/mol. The van der Waals surface area contributed by atoms with Gasteiger partial charge in [0.15, 0.2) is 0 Å². The monoisotopic (exact) mass is 439 g/mol. The van der Waals surface area contributed by atoms with Crippen LogP contribution in [-0.2, 0) is 6.61 Å². The van der Waals surface area contributed by atoms with Crippen molar-refractivity contribution in [3.05, 3.63) is 106 Å². The molecule has 2 aromatic heterocycles. The summed E-state index contributed by atoms with van der Waals surface area (Å²) in [5.41, 5.74) is 4.06. The van der Waals surface area contributed by atoms with Crippen molar-refractivity contribution < 1.29 is 17.9 Å². The van der Waals surface area contributed by atoms with E-state index in [1.807, 2.05) is 0 Å². The number of benzene rings is 3. The third-order valence-electron chi connectivity index (χ3n) is 5.80. The van der Waals surface area contributed by atoms with Crippen molar-refractivity contribution >= 4 is 11.0 Å². The molecule has 3 aromatic carbocycles. The molecule has 0 atom stereocenters. The van der Waals surface area contributed by atoms with E-state index in [1.165, 1.54) is 30.5 Å². The largest absolute Gasteiger partial charge is 0.488 e. The maximum Gasteiger partial charge on any atom is 0.200 e. The van der Waals surface area contributed by atoms with Crippen LogP contribution >= 0.6 is 0 Å². The Morgan fingerprint density at radius 2 is 1.61 bits per heavy atom. The molecule has 0 fully saturated rings. The first-order chi connectivity index (χ1) is 16.1. The summed E-state index contributed by atoms with van der Waals surface area (Å²) in [4.78, 5) is 18.1. The van der Waals surface area contributed by atoms with E-state index in [9.17, 15) is 13.6 Å². The van der Waals surface area contributed by atoms with Crippen molar-refractivity contribution in [1.29, 1.82) is 0 Å². The number of nitrogens with zero attached hydrogens (tertiary/aromatic N) is 1. The van der Waals surface area contributed by atoms with Gasteiger partial charge in [0.05, 0.1) is 22.3 Å². The first-order valence-corrected chi connectivity index (χ1v) is 10.3. The van der Waals surface area contributed by atoms with E-state index in [0.717, 1.165) is 0 Å². The lowest BCUT2D eigenvalue weighted by Gasteiger charge is -2.23. The van der Waals surface area contributed by atoms with Crippen LogP contribution in [0.25, 0.3) is 44.6 Å². The van der Waals surface area contributed by atoms with Crippen molar-refractivity contribution in [3.8, 4) is 39.4 Å². The Balaban J connectivity index is 1.67. The van der Waals surface area contributed by atoms with E-state index in [2.05, 4.69) is 0 Å². The molecule has 0 N–H and O–H groups in total. The SMILES string of the molecule is O=c1c(-c2cc(-c3ccc(F)cc3)nc3c2COc2ccc(F)cc2-3)coc2ccccc12. The summed E-state index contributed by atoms with van der Waals surface area (Å²) in [6.45, 7) is 0.159. The Morgan fingerprint density at radius 3 is 2.45 bits per heavy atom. The Bertz CT molecular complexity index is 1610. The standard InChI is InChI=1S/C27H15F2NO3/c28-16-7-5-15(6-8-16)23-12-19(22-14-33-24-4-2-1-3-18(24)27(22)31)21-13-32-25-10-9-17(29)11-20(25)26(21)30-23/h1-12,14H,13H2. The van der Waals surface area contributed by atoms with Crippen molar-refractivity contribution in [3.63, 3.8) is 0 Å². The van der Waals surface area contributed by atoms with E-state index in [0.29, 0.717) is 55.9 Å². The zero-order chi connectivity index (χ0) is 22.5. The Morgan fingerprint density at radius 1 is 0.818 bits per heavy atom. The summed E-state index contributed by atoms with van der Waals surface area (Å²) in [6, 6.07) is 18.9. The van der Waals surface area contributed by atoms with Crippen LogP contribution in [0.5, 0.6) is 5.75 Å². The molecule has 33 heavy (non-hydrogen) atoms. The fraction of sp³-hybridized carbons (Fsp3) is 0.0370. The van der Waals surface area contributed by atoms with Gasteiger partial charge in [0.1, 0.15) is 35.8 Å². The lowest BCUT2D eigenvalue weighted by Crippen LogP contribution is -2.13. The highest BCUT2D eigenvalue weighted by molar-refractivity contribution is 5.87. The number of rotatable bonds is 2. The summed E-state index contributed by atoms with van der Waals surface area (Å²) >= 11 is 0. The minimum atomic E-state index is -0.425.